The highest BCUT2D eigenvalue weighted by atomic mass is 16.1. The van der Waals surface area contributed by atoms with Crippen LogP contribution in [0, 0.1) is 0 Å². The molecule has 0 saturated heterocycles. The molecule has 3 nitrogen and oxygen atoms in total. The van der Waals surface area contributed by atoms with Gasteiger partial charge in [-0.15, -0.1) is 0 Å². The predicted octanol–water partition coefficient (Wildman–Crippen LogP) is 3.27. The third kappa shape index (κ3) is 2.60. The fraction of sp³-hybridized carbons (Fsp3) is 0.375. The Morgan fingerprint density at radius 2 is 2.11 bits per heavy atom. The number of nitrogens with zero attached hydrogens (tertiary/aromatic N) is 1. The van der Waals surface area contributed by atoms with Crippen LogP contribution in [0.5, 0.6) is 0 Å². The number of nitrogens with one attached hydrogen (secondary N) is 1. The molecule has 1 aliphatic carbocycles. The number of hydrogen-bond donors (Lipinski definition) is 1. The average molecular weight is 254 g/mol. The summed E-state index contributed by atoms with van der Waals surface area (Å²) in [7, 11) is 0. The summed E-state index contributed by atoms with van der Waals surface area (Å²) in [6.07, 6.45) is 4.34. The second-order valence-electron chi connectivity index (χ2n) is 5.20. The molecular formula is C16H18N2O. The zero-order valence-corrected chi connectivity index (χ0v) is 11.1. The molecule has 3 heteroatoms. The molecule has 1 aromatic carbocycles. The van der Waals surface area contributed by atoms with E-state index < -0.39 is 0 Å². The van der Waals surface area contributed by atoms with Crippen molar-refractivity contribution in [2.75, 3.05) is 0 Å². The summed E-state index contributed by atoms with van der Waals surface area (Å²) in [4.78, 5) is 19.2. The van der Waals surface area contributed by atoms with Gasteiger partial charge in [-0.1, -0.05) is 37.6 Å². The lowest BCUT2D eigenvalue weighted by atomic mass is 10.0. The molecule has 2 aromatic rings. The van der Waals surface area contributed by atoms with Gasteiger partial charge in [0.1, 0.15) is 5.82 Å². The standard InChI is InChI=1S/C16H18N2O/c1-2-5-12-10-15(19)18-16(17-12)14-7-4-3-6-13(14)11-8-9-11/h3-4,6-7,10-11H,2,5,8-9H2,1H3,(H,17,18,19). The molecule has 98 valence electrons. The summed E-state index contributed by atoms with van der Waals surface area (Å²) in [5.41, 5.74) is 3.23. The van der Waals surface area contributed by atoms with Crippen LogP contribution < -0.4 is 5.56 Å². The molecule has 19 heavy (non-hydrogen) atoms. The summed E-state index contributed by atoms with van der Waals surface area (Å²) in [6.45, 7) is 2.10. The van der Waals surface area contributed by atoms with Crippen molar-refractivity contribution in [2.24, 2.45) is 0 Å². The van der Waals surface area contributed by atoms with Crippen LogP contribution in [0.1, 0.15) is 43.4 Å². The molecule has 1 heterocycles. The van der Waals surface area contributed by atoms with E-state index in [1.807, 2.05) is 6.07 Å². The zero-order valence-electron chi connectivity index (χ0n) is 11.1. The van der Waals surface area contributed by atoms with E-state index >= 15 is 0 Å². The Labute approximate surface area is 112 Å². The van der Waals surface area contributed by atoms with Gasteiger partial charge >= 0.3 is 0 Å². The van der Waals surface area contributed by atoms with Crippen LogP contribution in [0.4, 0.5) is 0 Å². The number of aromatic amines is 1. The monoisotopic (exact) mass is 254 g/mol. The van der Waals surface area contributed by atoms with Crippen LogP contribution in [0.25, 0.3) is 11.4 Å². The van der Waals surface area contributed by atoms with Crippen molar-refractivity contribution in [1.29, 1.82) is 0 Å². The van der Waals surface area contributed by atoms with E-state index in [0.29, 0.717) is 5.92 Å². The minimum absolute atomic E-state index is 0.0564. The van der Waals surface area contributed by atoms with E-state index in [1.165, 1.54) is 18.4 Å². The number of rotatable bonds is 4. The Bertz CT molecular complexity index is 641. The smallest absolute Gasteiger partial charge is 0.251 e. The minimum Gasteiger partial charge on any atom is -0.307 e. The van der Waals surface area contributed by atoms with Crippen LogP contribution >= 0.6 is 0 Å². The molecule has 0 atom stereocenters. The Morgan fingerprint density at radius 3 is 2.84 bits per heavy atom. The van der Waals surface area contributed by atoms with Gasteiger partial charge in [0, 0.05) is 17.3 Å². The summed E-state index contributed by atoms with van der Waals surface area (Å²) in [5, 5.41) is 0. The molecule has 1 aliphatic rings. The summed E-state index contributed by atoms with van der Waals surface area (Å²) >= 11 is 0. The molecule has 0 unspecified atom stereocenters. The van der Waals surface area contributed by atoms with Crippen molar-refractivity contribution in [3.8, 4) is 11.4 Å². The molecule has 0 aliphatic heterocycles. The molecule has 0 amide bonds. The lowest BCUT2D eigenvalue weighted by Crippen LogP contribution is -2.11. The second kappa shape index (κ2) is 5.00. The maximum absolute atomic E-state index is 11.8. The van der Waals surface area contributed by atoms with Gasteiger partial charge < -0.3 is 4.98 Å². The van der Waals surface area contributed by atoms with Gasteiger partial charge in [-0.05, 0) is 30.7 Å². The first kappa shape index (κ1) is 12.2. The molecule has 1 saturated carbocycles. The third-order valence-electron chi connectivity index (χ3n) is 3.53. The van der Waals surface area contributed by atoms with E-state index in [-0.39, 0.29) is 5.56 Å². The molecular weight excluding hydrogens is 236 g/mol. The second-order valence-corrected chi connectivity index (χ2v) is 5.20. The SMILES string of the molecule is CCCc1cc(=O)[nH]c(-c2ccccc2C2CC2)n1. The molecule has 0 bridgehead atoms. The first-order valence-corrected chi connectivity index (χ1v) is 6.97. The average Bonchev–Trinajstić information content (AvgIpc) is 3.23. The highest BCUT2D eigenvalue weighted by molar-refractivity contribution is 5.62. The summed E-state index contributed by atoms with van der Waals surface area (Å²) in [6, 6.07) is 9.88. The maximum atomic E-state index is 11.8. The van der Waals surface area contributed by atoms with Gasteiger partial charge in [-0.25, -0.2) is 4.98 Å². The minimum atomic E-state index is -0.0564. The van der Waals surface area contributed by atoms with Crippen molar-refractivity contribution < 1.29 is 0 Å². The molecule has 0 spiro atoms. The van der Waals surface area contributed by atoms with Gasteiger partial charge in [-0.3, -0.25) is 4.79 Å². The predicted molar refractivity (Wildman–Crippen MR) is 76.3 cm³/mol. The Balaban J connectivity index is 2.08. The Hall–Kier alpha value is -1.90. The van der Waals surface area contributed by atoms with Crippen molar-refractivity contribution in [3.63, 3.8) is 0 Å². The van der Waals surface area contributed by atoms with E-state index in [2.05, 4.69) is 35.1 Å². The largest absolute Gasteiger partial charge is 0.307 e. The fourth-order valence-corrected chi connectivity index (χ4v) is 2.48. The van der Waals surface area contributed by atoms with Crippen molar-refractivity contribution in [1.82, 2.24) is 9.97 Å². The highest BCUT2D eigenvalue weighted by Crippen LogP contribution is 2.43. The number of benzene rings is 1. The molecule has 1 aromatic heterocycles. The zero-order chi connectivity index (χ0) is 13.2. The van der Waals surface area contributed by atoms with E-state index in [4.69, 9.17) is 0 Å². The number of hydrogen-bond acceptors (Lipinski definition) is 2. The number of aromatic nitrogens is 2. The normalized spacial score (nSPS) is 14.6. The summed E-state index contributed by atoms with van der Waals surface area (Å²) < 4.78 is 0. The van der Waals surface area contributed by atoms with Gasteiger partial charge in [0.25, 0.3) is 5.56 Å². The Morgan fingerprint density at radius 1 is 1.32 bits per heavy atom. The van der Waals surface area contributed by atoms with Crippen LogP contribution in [-0.2, 0) is 6.42 Å². The fourth-order valence-electron chi connectivity index (χ4n) is 2.48. The maximum Gasteiger partial charge on any atom is 0.251 e. The van der Waals surface area contributed by atoms with E-state index in [9.17, 15) is 4.79 Å². The lowest BCUT2D eigenvalue weighted by Gasteiger charge is -2.08. The highest BCUT2D eigenvalue weighted by Gasteiger charge is 2.26. The van der Waals surface area contributed by atoms with Crippen molar-refractivity contribution in [2.45, 2.75) is 38.5 Å². The van der Waals surface area contributed by atoms with Gasteiger partial charge in [0.15, 0.2) is 0 Å². The first-order valence-electron chi connectivity index (χ1n) is 6.97. The number of H-pyrrole nitrogens is 1. The van der Waals surface area contributed by atoms with Crippen LogP contribution in [0.2, 0.25) is 0 Å². The topological polar surface area (TPSA) is 45.8 Å². The van der Waals surface area contributed by atoms with Crippen molar-refractivity contribution in [3.05, 3.63) is 51.9 Å². The third-order valence-corrected chi connectivity index (χ3v) is 3.53. The van der Waals surface area contributed by atoms with Crippen LogP contribution in [0.15, 0.2) is 35.1 Å². The van der Waals surface area contributed by atoms with Gasteiger partial charge in [-0.2, -0.15) is 0 Å². The van der Waals surface area contributed by atoms with Crippen molar-refractivity contribution >= 4 is 0 Å². The van der Waals surface area contributed by atoms with Gasteiger partial charge in [0.2, 0.25) is 0 Å². The molecule has 3 rings (SSSR count). The first-order chi connectivity index (χ1) is 9.28. The van der Waals surface area contributed by atoms with E-state index in [0.717, 1.165) is 29.9 Å². The quantitative estimate of drug-likeness (QED) is 0.910. The lowest BCUT2D eigenvalue weighted by molar-refractivity contribution is 0.869. The summed E-state index contributed by atoms with van der Waals surface area (Å²) in [5.74, 6) is 1.37. The molecule has 1 N–H and O–H groups in total. The van der Waals surface area contributed by atoms with Gasteiger partial charge in [0.05, 0.1) is 0 Å². The number of aryl methyl sites for hydroxylation is 1. The van der Waals surface area contributed by atoms with Crippen LogP contribution in [-0.4, -0.2) is 9.97 Å². The molecule has 1 fully saturated rings. The Kier molecular flexibility index (Phi) is 3.20. The molecule has 0 radical (unpaired) electrons. The van der Waals surface area contributed by atoms with E-state index in [1.54, 1.807) is 6.07 Å². The van der Waals surface area contributed by atoms with Crippen LogP contribution in [0.3, 0.4) is 0 Å².